The molecule has 3 nitrogen and oxygen atoms in total. The van der Waals surface area contributed by atoms with Gasteiger partial charge in [0.05, 0.1) is 11.4 Å². The summed E-state index contributed by atoms with van der Waals surface area (Å²) in [6.45, 7) is 12.7. The molecule has 1 aromatic heterocycles. The van der Waals surface area contributed by atoms with Crippen LogP contribution in [0.15, 0.2) is 18.2 Å². The van der Waals surface area contributed by atoms with Crippen molar-refractivity contribution in [2.45, 2.75) is 40.8 Å². The van der Waals surface area contributed by atoms with Crippen molar-refractivity contribution >= 4 is 0 Å². The van der Waals surface area contributed by atoms with Gasteiger partial charge in [0.25, 0.3) is 0 Å². The first kappa shape index (κ1) is 15.1. The first-order valence-corrected chi connectivity index (χ1v) is 6.88. The summed E-state index contributed by atoms with van der Waals surface area (Å²) in [5, 5.41) is 0. The Kier molecular flexibility index (Phi) is 6.30. The minimum absolute atomic E-state index is 0.516. The Bertz CT molecular complexity index is 337. The van der Waals surface area contributed by atoms with E-state index < -0.39 is 0 Å². The van der Waals surface area contributed by atoms with E-state index in [1.807, 2.05) is 12.1 Å². The predicted molar refractivity (Wildman–Crippen MR) is 77.1 cm³/mol. The van der Waals surface area contributed by atoms with Gasteiger partial charge in [-0.05, 0) is 24.0 Å². The van der Waals surface area contributed by atoms with Gasteiger partial charge in [-0.3, -0.25) is 9.88 Å². The van der Waals surface area contributed by atoms with E-state index in [2.05, 4.69) is 43.6 Å². The van der Waals surface area contributed by atoms with Gasteiger partial charge in [-0.15, -0.1) is 0 Å². The standard InChI is InChI=1S/C15H27N3/c1-12(2)9-18(10-13(3)4)11-15-7-5-6-14(8-16)17-15/h5-7,12-13H,8-11,16H2,1-4H3. The highest BCUT2D eigenvalue weighted by Crippen LogP contribution is 2.09. The Morgan fingerprint density at radius 2 is 1.61 bits per heavy atom. The summed E-state index contributed by atoms with van der Waals surface area (Å²) in [6, 6.07) is 6.12. The Labute approximate surface area is 111 Å². The third kappa shape index (κ3) is 5.61. The normalized spacial score (nSPS) is 11.8. The number of rotatable bonds is 7. The van der Waals surface area contributed by atoms with E-state index >= 15 is 0 Å². The van der Waals surface area contributed by atoms with Gasteiger partial charge >= 0.3 is 0 Å². The molecule has 0 saturated heterocycles. The van der Waals surface area contributed by atoms with Gasteiger partial charge < -0.3 is 5.73 Å². The van der Waals surface area contributed by atoms with Crippen LogP contribution in [0.5, 0.6) is 0 Å². The maximum absolute atomic E-state index is 5.63. The van der Waals surface area contributed by atoms with E-state index in [4.69, 9.17) is 5.73 Å². The van der Waals surface area contributed by atoms with Crippen molar-refractivity contribution in [3.63, 3.8) is 0 Å². The highest BCUT2D eigenvalue weighted by Gasteiger charge is 2.11. The van der Waals surface area contributed by atoms with Crippen LogP contribution in [0, 0.1) is 11.8 Å². The Morgan fingerprint density at radius 3 is 2.11 bits per heavy atom. The number of nitrogens with zero attached hydrogens (tertiary/aromatic N) is 2. The highest BCUT2D eigenvalue weighted by molar-refractivity contribution is 5.11. The molecule has 102 valence electrons. The largest absolute Gasteiger partial charge is 0.325 e. The van der Waals surface area contributed by atoms with Crippen molar-refractivity contribution < 1.29 is 0 Å². The first-order chi connectivity index (χ1) is 8.51. The second kappa shape index (κ2) is 7.49. The predicted octanol–water partition coefficient (Wildman–Crippen LogP) is 2.65. The number of nitrogens with two attached hydrogens (primary N) is 1. The first-order valence-electron chi connectivity index (χ1n) is 6.88. The van der Waals surface area contributed by atoms with E-state index in [0.717, 1.165) is 31.0 Å². The molecule has 0 aliphatic heterocycles. The summed E-state index contributed by atoms with van der Waals surface area (Å²) in [5.74, 6) is 1.36. The molecule has 0 amide bonds. The molecule has 2 N–H and O–H groups in total. The van der Waals surface area contributed by atoms with Crippen molar-refractivity contribution in [1.82, 2.24) is 9.88 Å². The second-order valence-electron chi connectivity index (χ2n) is 5.81. The SMILES string of the molecule is CC(C)CN(Cc1cccc(CN)n1)CC(C)C. The van der Waals surface area contributed by atoms with E-state index in [1.165, 1.54) is 0 Å². The zero-order valence-electron chi connectivity index (χ0n) is 12.2. The molecule has 0 saturated carbocycles. The molecule has 3 heteroatoms. The number of aromatic nitrogens is 1. The smallest absolute Gasteiger partial charge is 0.0547 e. The maximum atomic E-state index is 5.63. The summed E-state index contributed by atoms with van der Waals surface area (Å²) in [7, 11) is 0. The molecule has 1 rings (SSSR count). The van der Waals surface area contributed by atoms with Gasteiger partial charge in [0.1, 0.15) is 0 Å². The number of hydrogen-bond donors (Lipinski definition) is 1. The Hall–Kier alpha value is -0.930. The molecule has 0 aliphatic rings. The molecule has 1 heterocycles. The van der Waals surface area contributed by atoms with Crippen LogP contribution in [0.25, 0.3) is 0 Å². The molecular weight excluding hydrogens is 222 g/mol. The summed E-state index contributed by atoms with van der Waals surface area (Å²) >= 11 is 0. The van der Waals surface area contributed by atoms with Crippen LogP contribution in [0.1, 0.15) is 39.1 Å². The van der Waals surface area contributed by atoms with Crippen LogP contribution in [0.4, 0.5) is 0 Å². The maximum Gasteiger partial charge on any atom is 0.0547 e. The summed E-state index contributed by atoms with van der Waals surface area (Å²) < 4.78 is 0. The molecule has 0 spiro atoms. The zero-order chi connectivity index (χ0) is 13.5. The topological polar surface area (TPSA) is 42.1 Å². The summed E-state index contributed by atoms with van der Waals surface area (Å²) in [4.78, 5) is 7.06. The van der Waals surface area contributed by atoms with Crippen LogP contribution in [0.3, 0.4) is 0 Å². The van der Waals surface area contributed by atoms with E-state index in [0.29, 0.717) is 18.4 Å². The van der Waals surface area contributed by atoms with Crippen molar-refractivity contribution in [2.75, 3.05) is 13.1 Å². The molecule has 0 unspecified atom stereocenters. The molecule has 0 aliphatic carbocycles. The average Bonchev–Trinajstić information content (AvgIpc) is 2.27. The monoisotopic (exact) mass is 249 g/mol. The van der Waals surface area contributed by atoms with Crippen molar-refractivity contribution in [3.8, 4) is 0 Å². The summed E-state index contributed by atoms with van der Waals surface area (Å²) in [6.07, 6.45) is 0. The second-order valence-corrected chi connectivity index (χ2v) is 5.81. The highest BCUT2D eigenvalue weighted by atomic mass is 15.1. The lowest BCUT2D eigenvalue weighted by atomic mass is 10.1. The average molecular weight is 249 g/mol. The molecule has 18 heavy (non-hydrogen) atoms. The quantitative estimate of drug-likeness (QED) is 0.808. The van der Waals surface area contributed by atoms with Crippen LogP contribution in [-0.4, -0.2) is 23.0 Å². The van der Waals surface area contributed by atoms with E-state index in [1.54, 1.807) is 0 Å². The van der Waals surface area contributed by atoms with Crippen LogP contribution in [0.2, 0.25) is 0 Å². The Balaban J connectivity index is 2.68. The van der Waals surface area contributed by atoms with Gasteiger partial charge in [-0.2, -0.15) is 0 Å². The van der Waals surface area contributed by atoms with Gasteiger partial charge in [0.15, 0.2) is 0 Å². The van der Waals surface area contributed by atoms with E-state index in [-0.39, 0.29) is 0 Å². The third-order valence-electron chi connectivity index (χ3n) is 2.71. The van der Waals surface area contributed by atoms with Crippen molar-refractivity contribution in [1.29, 1.82) is 0 Å². The molecular formula is C15H27N3. The molecule has 0 fully saturated rings. The lowest BCUT2D eigenvalue weighted by Crippen LogP contribution is -2.31. The van der Waals surface area contributed by atoms with Gasteiger partial charge in [0, 0.05) is 26.2 Å². The summed E-state index contributed by atoms with van der Waals surface area (Å²) in [5.41, 5.74) is 7.73. The fourth-order valence-electron chi connectivity index (χ4n) is 2.20. The lowest BCUT2D eigenvalue weighted by molar-refractivity contribution is 0.209. The zero-order valence-corrected chi connectivity index (χ0v) is 12.2. The molecule has 0 bridgehead atoms. The van der Waals surface area contributed by atoms with Crippen molar-refractivity contribution in [2.24, 2.45) is 17.6 Å². The lowest BCUT2D eigenvalue weighted by Gasteiger charge is -2.25. The fraction of sp³-hybridized carbons (Fsp3) is 0.667. The van der Waals surface area contributed by atoms with Crippen molar-refractivity contribution in [3.05, 3.63) is 29.6 Å². The fourth-order valence-corrected chi connectivity index (χ4v) is 2.20. The molecule has 0 atom stereocenters. The van der Waals surface area contributed by atoms with Crippen LogP contribution >= 0.6 is 0 Å². The van der Waals surface area contributed by atoms with E-state index in [9.17, 15) is 0 Å². The number of pyridine rings is 1. The number of hydrogen-bond acceptors (Lipinski definition) is 3. The molecule has 1 aromatic rings. The minimum Gasteiger partial charge on any atom is -0.325 e. The molecule has 0 radical (unpaired) electrons. The van der Waals surface area contributed by atoms with Gasteiger partial charge in [-0.25, -0.2) is 0 Å². The van der Waals surface area contributed by atoms with Gasteiger partial charge in [-0.1, -0.05) is 33.8 Å². The molecule has 0 aromatic carbocycles. The third-order valence-corrected chi connectivity index (χ3v) is 2.71. The van der Waals surface area contributed by atoms with Gasteiger partial charge in [0.2, 0.25) is 0 Å². The van der Waals surface area contributed by atoms with Crippen LogP contribution < -0.4 is 5.73 Å². The Morgan fingerprint density at radius 1 is 1.06 bits per heavy atom. The minimum atomic E-state index is 0.516. The van der Waals surface area contributed by atoms with Crippen LogP contribution in [-0.2, 0) is 13.1 Å².